The van der Waals surface area contributed by atoms with Gasteiger partial charge in [0.2, 0.25) is 0 Å². The summed E-state index contributed by atoms with van der Waals surface area (Å²) in [6.07, 6.45) is 1.65. The van der Waals surface area contributed by atoms with E-state index < -0.39 is 0 Å². The van der Waals surface area contributed by atoms with Crippen LogP contribution in [0.4, 0.5) is 0 Å². The number of amides is 1. The van der Waals surface area contributed by atoms with Crippen LogP contribution in [0.2, 0.25) is 0 Å². The third kappa shape index (κ3) is 1.55. The lowest BCUT2D eigenvalue weighted by Gasteiger charge is -2.54. The van der Waals surface area contributed by atoms with Gasteiger partial charge in [-0.05, 0) is 28.1 Å². The smallest absolute Gasteiger partial charge is 0.272 e. The number of aromatic nitrogens is 1. The quantitative estimate of drug-likeness (QED) is 0.780. The van der Waals surface area contributed by atoms with Crippen molar-refractivity contribution >= 4 is 21.8 Å². The highest BCUT2D eigenvalue weighted by molar-refractivity contribution is 9.10. The largest absolute Gasteiger partial charge is 0.380 e. The second-order valence-electron chi connectivity index (χ2n) is 4.52. The first-order chi connectivity index (χ1) is 7.69. The van der Waals surface area contributed by atoms with Crippen LogP contribution in [0, 0.1) is 5.41 Å². The highest BCUT2D eigenvalue weighted by Gasteiger charge is 2.50. The molecule has 2 fully saturated rings. The molecule has 2 saturated heterocycles. The maximum absolute atomic E-state index is 12.0. The van der Waals surface area contributed by atoms with Crippen molar-refractivity contribution < 1.29 is 9.53 Å². The molecule has 0 N–H and O–H groups in total. The summed E-state index contributed by atoms with van der Waals surface area (Å²) >= 11 is 3.30. The fraction of sp³-hybridized carbons (Fsp3) is 0.455. The number of ether oxygens (including phenoxy) is 1. The van der Waals surface area contributed by atoms with Gasteiger partial charge in [-0.25, -0.2) is 4.98 Å². The lowest BCUT2D eigenvalue weighted by atomic mass is 9.78. The highest BCUT2D eigenvalue weighted by Crippen LogP contribution is 2.37. The topological polar surface area (TPSA) is 42.4 Å². The minimum absolute atomic E-state index is 0.0185. The molecule has 0 saturated carbocycles. The maximum Gasteiger partial charge on any atom is 0.272 e. The van der Waals surface area contributed by atoms with Crippen LogP contribution in [-0.2, 0) is 4.74 Å². The second kappa shape index (κ2) is 3.53. The zero-order valence-corrected chi connectivity index (χ0v) is 10.2. The second-order valence-corrected chi connectivity index (χ2v) is 5.43. The van der Waals surface area contributed by atoms with Gasteiger partial charge < -0.3 is 9.64 Å². The lowest BCUT2D eigenvalue weighted by Crippen LogP contribution is -2.67. The Morgan fingerprint density at radius 3 is 2.69 bits per heavy atom. The minimum atomic E-state index is 0.0185. The summed E-state index contributed by atoms with van der Waals surface area (Å²) in [5.74, 6) is 0.0185. The first-order valence-corrected chi connectivity index (χ1v) is 5.96. The van der Waals surface area contributed by atoms with E-state index in [0.29, 0.717) is 5.69 Å². The molecule has 0 aliphatic carbocycles. The molecule has 1 aromatic rings. The Morgan fingerprint density at radius 2 is 2.19 bits per heavy atom. The van der Waals surface area contributed by atoms with Gasteiger partial charge in [-0.3, -0.25) is 4.79 Å². The Kier molecular flexibility index (Phi) is 2.26. The van der Waals surface area contributed by atoms with Crippen molar-refractivity contribution in [1.82, 2.24) is 9.88 Å². The van der Waals surface area contributed by atoms with Crippen molar-refractivity contribution in [3.05, 3.63) is 28.5 Å². The summed E-state index contributed by atoms with van der Waals surface area (Å²) in [5.41, 5.74) is 0.781. The molecule has 84 valence electrons. The van der Waals surface area contributed by atoms with E-state index in [2.05, 4.69) is 20.9 Å². The Morgan fingerprint density at radius 1 is 1.44 bits per heavy atom. The molecule has 0 unspecified atom stereocenters. The van der Waals surface area contributed by atoms with Crippen molar-refractivity contribution in [2.24, 2.45) is 5.41 Å². The molecule has 0 radical (unpaired) electrons. The zero-order chi connectivity index (χ0) is 11.2. The number of carbonyl (C=O) groups is 1. The molecular weight excluding hydrogens is 272 g/mol. The third-order valence-corrected chi connectivity index (χ3v) is 3.57. The van der Waals surface area contributed by atoms with Gasteiger partial charge in [-0.2, -0.15) is 0 Å². The van der Waals surface area contributed by atoms with E-state index in [-0.39, 0.29) is 11.3 Å². The van der Waals surface area contributed by atoms with Crippen LogP contribution in [0.1, 0.15) is 10.5 Å². The first-order valence-electron chi connectivity index (χ1n) is 5.17. The van der Waals surface area contributed by atoms with E-state index in [1.54, 1.807) is 12.3 Å². The molecule has 1 spiro atoms. The molecule has 0 bridgehead atoms. The molecule has 2 aliphatic rings. The molecule has 4 nitrogen and oxygen atoms in total. The molecule has 0 atom stereocenters. The molecule has 3 rings (SSSR count). The SMILES string of the molecule is O=C(c1ccc(Br)cn1)N1CC2(COC2)C1. The number of hydrogen-bond donors (Lipinski definition) is 0. The lowest BCUT2D eigenvalue weighted by molar-refractivity contribution is -0.176. The van der Waals surface area contributed by atoms with Crippen molar-refractivity contribution in [3.63, 3.8) is 0 Å². The average molecular weight is 283 g/mol. The fourth-order valence-electron chi connectivity index (χ4n) is 2.14. The van der Waals surface area contributed by atoms with Gasteiger partial charge in [0.25, 0.3) is 5.91 Å². The number of pyridine rings is 1. The van der Waals surface area contributed by atoms with Crippen LogP contribution >= 0.6 is 15.9 Å². The summed E-state index contributed by atoms with van der Waals surface area (Å²) in [5, 5.41) is 0. The molecule has 5 heteroatoms. The molecule has 2 aliphatic heterocycles. The van der Waals surface area contributed by atoms with Crippen LogP contribution in [0.25, 0.3) is 0 Å². The number of hydrogen-bond acceptors (Lipinski definition) is 3. The molecular formula is C11H11BrN2O2. The molecule has 1 aromatic heterocycles. The Balaban J connectivity index is 1.68. The number of carbonyl (C=O) groups excluding carboxylic acids is 1. The Bertz CT molecular complexity index is 420. The predicted molar refractivity (Wildman–Crippen MR) is 61.1 cm³/mol. The van der Waals surface area contributed by atoms with Crippen molar-refractivity contribution in [2.75, 3.05) is 26.3 Å². The van der Waals surface area contributed by atoms with Gasteiger partial charge in [0, 0.05) is 23.8 Å². The van der Waals surface area contributed by atoms with Gasteiger partial charge in [0.1, 0.15) is 5.69 Å². The maximum atomic E-state index is 12.0. The van der Waals surface area contributed by atoms with Crippen molar-refractivity contribution in [1.29, 1.82) is 0 Å². The van der Waals surface area contributed by atoms with E-state index in [4.69, 9.17) is 4.74 Å². The van der Waals surface area contributed by atoms with Crippen LogP contribution in [0.15, 0.2) is 22.8 Å². The zero-order valence-electron chi connectivity index (χ0n) is 8.65. The molecule has 16 heavy (non-hydrogen) atoms. The standard InChI is InChI=1S/C11H11BrN2O2/c12-8-1-2-9(13-3-8)10(15)14-4-11(5-14)6-16-7-11/h1-3H,4-7H2. The van der Waals surface area contributed by atoms with E-state index in [0.717, 1.165) is 30.8 Å². The summed E-state index contributed by atoms with van der Waals surface area (Å²) in [7, 11) is 0. The van der Waals surface area contributed by atoms with Gasteiger partial charge in [-0.15, -0.1) is 0 Å². The van der Waals surface area contributed by atoms with Gasteiger partial charge in [-0.1, -0.05) is 0 Å². The van der Waals surface area contributed by atoms with E-state index in [9.17, 15) is 4.79 Å². The average Bonchev–Trinajstić information content (AvgIpc) is 2.14. The van der Waals surface area contributed by atoms with Gasteiger partial charge in [0.15, 0.2) is 0 Å². The number of likely N-dealkylation sites (tertiary alicyclic amines) is 1. The van der Waals surface area contributed by atoms with Crippen molar-refractivity contribution in [3.8, 4) is 0 Å². The fourth-order valence-corrected chi connectivity index (χ4v) is 2.38. The van der Waals surface area contributed by atoms with Gasteiger partial charge >= 0.3 is 0 Å². The Labute approximate surface area is 102 Å². The molecule has 0 aromatic carbocycles. The number of halogens is 1. The van der Waals surface area contributed by atoms with E-state index >= 15 is 0 Å². The van der Waals surface area contributed by atoms with Gasteiger partial charge in [0.05, 0.1) is 18.6 Å². The first kappa shape index (κ1) is 10.2. The molecule has 3 heterocycles. The highest BCUT2D eigenvalue weighted by atomic mass is 79.9. The number of rotatable bonds is 1. The Hall–Kier alpha value is -0.940. The monoisotopic (exact) mass is 282 g/mol. The molecule has 1 amide bonds. The third-order valence-electron chi connectivity index (χ3n) is 3.10. The summed E-state index contributed by atoms with van der Waals surface area (Å²) in [6, 6.07) is 3.58. The predicted octanol–water partition coefficient (Wildman–Crippen LogP) is 1.32. The summed E-state index contributed by atoms with van der Waals surface area (Å²) < 4.78 is 6.06. The minimum Gasteiger partial charge on any atom is -0.380 e. The van der Waals surface area contributed by atoms with Crippen LogP contribution in [0.3, 0.4) is 0 Å². The summed E-state index contributed by atoms with van der Waals surface area (Å²) in [6.45, 7) is 3.21. The normalized spacial score (nSPS) is 21.4. The van der Waals surface area contributed by atoms with Crippen LogP contribution in [0.5, 0.6) is 0 Å². The van der Waals surface area contributed by atoms with Crippen LogP contribution < -0.4 is 0 Å². The van der Waals surface area contributed by atoms with Crippen LogP contribution in [-0.4, -0.2) is 42.1 Å². The number of nitrogens with zero attached hydrogens (tertiary/aromatic N) is 2. The van der Waals surface area contributed by atoms with E-state index in [1.807, 2.05) is 11.0 Å². The van der Waals surface area contributed by atoms with Crippen molar-refractivity contribution in [2.45, 2.75) is 0 Å². The van der Waals surface area contributed by atoms with E-state index in [1.165, 1.54) is 0 Å². The summed E-state index contributed by atoms with van der Waals surface area (Å²) in [4.78, 5) is 17.9.